The molecule has 1 unspecified atom stereocenters. The summed E-state index contributed by atoms with van der Waals surface area (Å²) >= 11 is 0. The van der Waals surface area contributed by atoms with Gasteiger partial charge in [0.25, 0.3) is 5.91 Å². The van der Waals surface area contributed by atoms with E-state index in [4.69, 9.17) is 4.74 Å². The van der Waals surface area contributed by atoms with E-state index in [9.17, 15) is 9.59 Å². The van der Waals surface area contributed by atoms with Crippen LogP contribution < -0.4 is 5.32 Å². The highest BCUT2D eigenvalue weighted by molar-refractivity contribution is 5.95. The van der Waals surface area contributed by atoms with Gasteiger partial charge in [-0.1, -0.05) is 36.4 Å². The lowest BCUT2D eigenvalue weighted by molar-refractivity contribution is -0.152. The molecular weight excluding hydrogens is 304 g/mol. The van der Waals surface area contributed by atoms with Crippen molar-refractivity contribution >= 4 is 28.5 Å². The first-order valence-electron chi connectivity index (χ1n) is 7.74. The van der Waals surface area contributed by atoms with E-state index in [1.807, 2.05) is 42.5 Å². The van der Waals surface area contributed by atoms with E-state index in [-0.39, 0.29) is 12.3 Å². The van der Waals surface area contributed by atoms with Gasteiger partial charge in [0.15, 0.2) is 6.10 Å². The molecule has 1 aromatic heterocycles. The van der Waals surface area contributed by atoms with Gasteiger partial charge in [-0.05, 0) is 30.7 Å². The van der Waals surface area contributed by atoms with Crippen LogP contribution in [0.3, 0.4) is 0 Å². The molecule has 1 amide bonds. The lowest BCUT2D eigenvalue weighted by Gasteiger charge is -2.13. The van der Waals surface area contributed by atoms with E-state index in [1.165, 1.54) is 0 Å². The number of carbonyl (C=O) groups excluding carboxylic acids is 2. The predicted octanol–water partition coefficient (Wildman–Crippen LogP) is 3.28. The third-order valence-electron chi connectivity index (χ3n) is 3.73. The number of anilines is 1. The van der Waals surface area contributed by atoms with Crippen LogP contribution in [0.25, 0.3) is 10.9 Å². The monoisotopic (exact) mass is 322 g/mol. The summed E-state index contributed by atoms with van der Waals surface area (Å²) in [6.45, 7) is 1.56. The molecule has 0 aliphatic heterocycles. The molecule has 3 aromatic rings. The van der Waals surface area contributed by atoms with E-state index in [0.717, 1.165) is 16.5 Å². The first-order chi connectivity index (χ1) is 11.6. The van der Waals surface area contributed by atoms with Crippen LogP contribution in [0.4, 0.5) is 5.69 Å². The van der Waals surface area contributed by atoms with Crippen molar-refractivity contribution in [1.29, 1.82) is 0 Å². The summed E-state index contributed by atoms with van der Waals surface area (Å²) < 4.78 is 5.24. The van der Waals surface area contributed by atoms with Crippen LogP contribution in [0.15, 0.2) is 60.8 Å². The summed E-state index contributed by atoms with van der Waals surface area (Å²) in [5.74, 6) is -0.788. The molecular formula is C19H18N2O3. The summed E-state index contributed by atoms with van der Waals surface area (Å²) in [4.78, 5) is 27.3. The highest BCUT2D eigenvalue weighted by atomic mass is 16.5. The number of esters is 1. The molecule has 0 aliphatic carbocycles. The number of ether oxygens (including phenoxy) is 1. The minimum absolute atomic E-state index is 0.118. The second-order valence-corrected chi connectivity index (χ2v) is 5.52. The fourth-order valence-electron chi connectivity index (χ4n) is 2.49. The molecule has 24 heavy (non-hydrogen) atoms. The van der Waals surface area contributed by atoms with Crippen LogP contribution in [0.2, 0.25) is 0 Å². The fourth-order valence-corrected chi connectivity index (χ4v) is 2.49. The SMILES string of the molecule is CC(OC(=O)Cc1c[nH]c2ccccc12)C(=O)Nc1ccccc1. The third-order valence-corrected chi connectivity index (χ3v) is 3.73. The number of H-pyrrole nitrogens is 1. The van der Waals surface area contributed by atoms with Crippen LogP contribution in [0.1, 0.15) is 12.5 Å². The molecule has 5 nitrogen and oxygen atoms in total. The van der Waals surface area contributed by atoms with Gasteiger partial charge in [0.2, 0.25) is 0 Å². The molecule has 5 heteroatoms. The molecule has 1 heterocycles. The maximum atomic E-state index is 12.1. The third kappa shape index (κ3) is 3.63. The first-order valence-corrected chi connectivity index (χ1v) is 7.74. The van der Waals surface area contributed by atoms with Gasteiger partial charge >= 0.3 is 5.97 Å². The Balaban J connectivity index is 1.59. The Labute approximate surface area is 139 Å². The molecule has 122 valence electrons. The second kappa shape index (κ2) is 7.00. The maximum Gasteiger partial charge on any atom is 0.311 e. The topological polar surface area (TPSA) is 71.2 Å². The number of para-hydroxylation sites is 2. The Morgan fingerprint density at radius 3 is 2.58 bits per heavy atom. The molecule has 0 radical (unpaired) electrons. The summed E-state index contributed by atoms with van der Waals surface area (Å²) in [6.07, 6.45) is 1.05. The fraction of sp³-hybridized carbons (Fsp3) is 0.158. The molecule has 0 saturated heterocycles. The van der Waals surface area contributed by atoms with Crippen molar-refractivity contribution in [2.75, 3.05) is 5.32 Å². The molecule has 0 aliphatic rings. The van der Waals surface area contributed by atoms with Crippen LogP contribution in [0, 0.1) is 0 Å². The zero-order valence-corrected chi connectivity index (χ0v) is 13.3. The number of hydrogen-bond acceptors (Lipinski definition) is 3. The largest absolute Gasteiger partial charge is 0.452 e. The molecule has 0 bridgehead atoms. The molecule has 2 aromatic carbocycles. The maximum absolute atomic E-state index is 12.1. The van der Waals surface area contributed by atoms with Crippen LogP contribution >= 0.6 is 0 Å². The Morgan fingerprint density at radius 2 is 1.79 bits per heavy atom. The van der Waals surface area contributed by atoms with E-state index in [1.54, 1.807) is 25.3 Å². The van der Waals surface area contributed by atoms with E-state index in [2.05, 4.69) is 10.3 Å². The minimum atomic E-state index is -0.858. The van der Waals surface area contributed by atoms with E-state index >= 15 is 0 Å². The Kier molecular flexibility index (Phi) is 4.61. The van der Waals surface area contributed by atoms with Gasteiger partial charge in [0.1, 0.15) is 0 Å². The standard InChI is InChI=1S/C19H18N2O3/c1-13(19(23)21-15-7-3-2-4-8-15)24-18(22)11-14-12-20-17-10-6-5-9-16(14)17/h2-10,12-13,20H,11H2,1H3,(H,21,23). The average molecular weight is 322 g/mol. The highest BCUT2D eigenvalue weighted by Crippen LogP contribution is 2.18. The quantitative estimate of drug-likeness (QED) is 0.708. The summed E-state index contributed by atoms with van der Waals surface area (Å²) in [7, 11) is 0. The van der Waals surface area contributed by atoms with Crippen molar-refractivity contribution in [3.05, 3.63) is 66.4 Å². The van der Waals surface area contributed by atoms with Gasteiger partial charge in [-0.15, -0.1) is 0 Å². The molecule has 0 saturated carbocycles. The number of aromatic nitrogens is 1. The molecule has 3 rings (SSSR count). The molecule has 1 atom stereocenters. The summed E-state index contributed by atoms with van der Waals surface area (Å²) in [6, 6.07) is 16.8. The van der Waals surface area contributed by atoms with Gasteiger partial charge < -0.3 is 15.0 Å². The first kappa shape index (κ1) is 15.8. The summed E-state index contributed by atoms with van der Waals surface area (Å²) in [5, 5.41) is 3.70. The number of amides is 1. The summed E-state index contributed by atoms with van der Waals surface area (Å²) in [5.41, 5.74) is 2.49. The highest BCUT2D eigenvalue weighted by Gasteiger charge is 2.19. The van der Waals surface area contributed by atoms with Gasteiger partial charge in [0, 0.05) is 22.8 Å². The Morgan fingerprint density at radius 1 is 1.08 bits per heavy atom. The van der Waals surface area contributed by atoms with Crippen molar-refractivity contribution in [3.8, 4) is 0 Å². The van der Waals surface area contributed by atoms with Crippen molar-refractivity contribution in [1.82, 2.24) is 4.98 Å². The lowest BCUT2D eigenvalue weighted by atomic mass is 10.1. The van der Waals surface area contributed by atoms with Crippen LogP contribution in [-0.4, -0.2) is 23.0 Å². The predicted molar refractivity (Wildman–Crippen MR) is 92.6 cm³/mol. The van der Waals surface area contributed by atoms with E-state index in [0.29, 0.717) is 5.69 Å². The number of fused-ring (bicyclic) bond motifs is 1. The number of benzene rings is 2. The number of rotatable bonds is 5. The zero-order chi connectivity index (χ0) is 16.9. The minimum Gasteiger partial charge on any atom is -0.452 e. The zero-order valence-electron chi connectivity index (χ0n) is 13.3. The normalized spacial score (nSPS) is 11.9. The van der Waals surface area contributed by atoms with Gasteiger partial charge in [-0.2, -0.15) is 0 Å². The Hall–Kier alpha value is -3.08. The Bertz CT molecular complexity index is 855. The number of hydrogen-bond donors (Lipinski definition) is 2. The lowest BCUT2D eigenvalue weighted by Crippen LogP contribution is -2.30. The van der Waals surface area contributed by atoms with Crippen LogP contribution in [-0.2, 0) is 20.7 Å². The molecule has 2 N–H and O–H groups in total. The van der Waals surface area contributed by atoms with Crippen LogP contribution in [0.5, 0.6) is 0 Å². The smallest absolute Gasteiger partial charge is 0.311 e. The van der Waals surface area contributed by atoms with Crippen molar-refractivity contribution in [2.45, 2.75) is 19.4 Å². The van der Waals surface area contributed by atoms with Gasteiger partial charge in [-0.25, -0.2) is 0 Å². The number of aromatic amines is 1. The van der Waals surface area contributed by atoms with Gasteiger partial charge in [-0.3, -0.25) is 9.59 Å². The van der Waals surface area contributed by atoms with Crippen molar-refractivity contribution < 1.29 is 14.3 Å². The van der Waals surface area contributed by atoms with Crippen molar-refractivity contribution in [3.63, 3.8) is 0 Å². The number of carbonyl (C=O) groups is 2. The number of nitrogens with one attached hydrogen (secondary N) is 2. The average Bonchev–Trinajstić information content (AvgIpc) is 2.99. The van der Waals surface area contributed by atoms with Gasteiger partial charge in [0.05, 0.1) is 6.42 Å². The second-order valence-electron chi connectivity index (χ2n) is 5.52. The van der Waals surface area contributed by atoms with E-state index < -0.39 is 12.1 Å². The van der Waals surface area contributed by atoms with Crippen molar-refractivity contribution in [2.24, 2.45) is 0 Å². The molecule has 0 fully saturated rings. The molecule has 0 spiro atoms.